The fraction of sp³-hybridized carbons (Fsp3) is 0.150. The molecule has 2 aromatic rings. The minimum absolute atomic E-state index is 0.0397. The predicted molar refractivity (Wildman–Crippen MR) is 93.2 cm³/mol. The molecule has 0 N–H and O–H groups in total. The highest BCUT2D eigenvalue weighted by molar-refractivity contribution is 6.20. The van der Waals surface area contributed by atoms with Crippen molar-refractivity contribution >= 4 is 17.8 Å². The van der Waals surface area contributed by atoms with E-state index >= 15 is 0 Å². The van der Waals surface area contributed by atoms with Crippen LogP contribution in [-0.4, -0.2) is 36.1 Å². The van der Waals surface area contributed by atoms with Gasteiger partial charge in [-0.05, 0) is 17.7 Å². The summed E-state index contributed by atoms with van der Waals surface area (Å²) in [5.41, 5.74) is 1.09. The monoisotopic (exact) mass is 351 g/mol. The number of hydrogen-bond donors (Lipinski definition) is 0. The molecule has 0 saturated carbocycles. The lowest BCUT2D eigenvalue weighted by molar-refractivity contribution is -0.171. The average Bonchev–Trinajstić information content (AvgIpc) is 2.91. The van der Waals surface area contributed by atoms with Crippen LogP contribution in [0, 0.1) is 0 Å². The van der Waals surface area contributed by atoms with Crippen LogP contribution in [0.2, 0.25) is 0 Å². The number of hydroxylamine groups is 2. The van der Waals surface area contributed by atoms with Gasteiger partial charge >= 0.3 is 5.97 Å². The Bertz CT molecular complexity index is 811. The number of hydrogen-bond acceptors (Lipinski definition) is 5. The summed E-state index contributed by atoms with van der Waals surface area (Å²) in [4.78, 5) is 42.5. The van der Waals surface area contributed by atoms with Crippen LogP contribution in [0.15, 0.2) is 67.3 Å². The van der Waals surface area contributed by atoms with Crippen molar-refractivity contribution in [2.24, 2.45) is 0 Å². The predicted octanol–water partition coefficient (Wildman–Crippen LogP) is 2.73. The lowest BCUT2D eigenvalue weighted by Gasteiger charge is -2.19. The van der Waals surface area contributed by atoms with Gasteiger partial charge in [0.25, 0.3) is 11.8 Å². The number of imide groups is 1. The minimum Gasteiger partial charge on any atom is -0.376 e. The third-order valence-electron chi connectivity index (χ3n) is 3.94. The van der Waals surface area contributed by atoms with Crippen molar-refractivity contribution in [2.75, 3.05) is 13.2 Å². The lowest BCUT2D eigenvalue weighted by atomic mass is 10.0. The van der Waals surface area contributed by atoms with Crippen molar-refractivity contribution in [3.8, 4) is 0 Å². The first-order valence-corrected chi connectivity index (χ1v) is 8.06. The largest absolute Gasteiger partial charge is 0.376 e. The van der Waals surface area contributed by atoms with Gasteiger partial charge in [0.15, 0.2) is 0 Å². The molecule has 1 aliphatic rings. The van der Waals surface area contributed by atoms with Crippen LogP contribution < -0.4 is 0 Å². The molecule has 3 rings (SSSR count). The molecule has 1 heterocycles. The first-order valence-electron chi connectivity index (χ1n) is 8.06. The number of carbonyl (C=O) groups is 3. The Labute approximate surface area is 150 Å². The molecule has 1 aliphatic heterocycles. The van der Waals surface area contributed by atoms with Crippen molar-refractivity contribution in [3.05, 3.63) is 83.9 Å². The lowest BCUT2D eigenvalue weighted by Crippen LogP contribution is -2.35. The van der Waals surface area contributed by atoms with E-state index in [4.69, 9.17) is 9.57 Å². The van der Waals surface area contributed by atoms with Crippen LogP contribution in [0.25, 0.3) is 0 Å². The Hall–Kier alpha value is -3.25. The van der Waals surface area contributed by atoms with Gasteiger partial charge in [0.05, 0.1) is 24.3 Å². The Morgan fingerprint density at radius 2 is 1.58 bits per heavy atom. The molecule has 0 aromatic heterocycles. The number of ether oxygens (including phenoxy) is 1. The highest BCUT2D eigenvalue weighted by Crippen LogP contribution is 2.25. The van der Waals surface area contributed by atoms with Crippen LogP contribution in [0.1, 0.15) is 32.2 Å². The summed E-state index contributed by atoms with van der Waals surface area (Å²) < 4.78 is 5.39. The molecule has 1 unspecified atom stereocenters. The summed E-state index contributed by atoms with van der Waals surface area (Å²) in [5.74, 6) is -2.83. The molecule has 1 atom stereocenters. The van der Waals surface area contributed by atoms with Crippen molar-refractivity contribution in [1.82, 2.24) is 5.06 Å². The van der Waals surface area contributed by atoms with Crippen LogP contribution in [0.4, 0.5) is 0 Å². The second-order valence-electron chi connectivity index (χ2n) is 5.65. The molecule has 2 amide bonds. The number of amides is 2. The van der Waals surface area contributed by atoms with Gasteiger partial charge in [-0.1, -0.05) is 53.6 Å². The van der Waals surface area contributed by atoms with E-state index in [1.165, 1.54) is 12.1 Å². The summed E-state index contributed by atoms with van der Waals surface area (Å²) in [5, 5.41) is 0.510. The molecule has 0 bridgehead atoms. The van der Waals surface area contributed by atoms with E-state index in [0.717, 1.165) is 0 Å². The molecule has 6 nitrogen and oxygen atoms in total. The van der Waals surface area contributed by atoms with E-state index < -0.39 is 23.7 Å². The van der Waals surface area contributed by atoms with E-state index in [0.29, 0.717) is 10.6 Å². The zero-order chi connectivity index (χ0) is 18.5. The maximum Gasteiger partial charge on any atom is 0.342 e. The third kappa shape index (κ3) is 3.41. The Balaban J connectivity index is 1.79. The number of fused-ring (bicyclic) bond motifs is 1. The van der Waals surface area contributed by atoms with Crippen LogP contribution >= 0.6 is 0 Å². The molecule has 0 aliphatic carbocycles. The third-order valence-corrected chi connectivity index (χ3v) is 3.94. The number of nitrogens with zero attached hydrogens (tertiary/aromatic N) is 1. The fourth-order valence-corrected chi connectivity index (χ4v) is 2.66. The SMILES string of the molecule is C=CCOCC(C(=O)ON1C(=O)c2ccccc2C1=O)c1ccccc1. The van der Waals surface area contributed by atoms with Gasteiger partial charge in [-0.3, -0.25) is 9.59 Å². The summed E-state index contributed by atoms with van der Waals surface area (Å²) in [6.45, 7) is 3.87. The molecule has 6 heteroatoms. The van der Waals surface area contributed by atoms with E-state index in [1.807, 2.05) is 6.07 Å². The fourth-order valence-electron chi connectivity index (χ4n) is 2.66. The van der Waals surface area contributed by atoms with Crippen molar-refractivity contribution in [3.63, 3.8) is 0 Å². The maximum absolute atomic E-state index is 12.7. The zero-order valence-corrected chi connectivity index (χ0v) is 14.0. The molecule has 0 radical (unpaired) electrons. The van der Waals surface area contributed by atoms with E-state index in [2.05, 4.69) is 6.58 Å². The highest BCUT2D eigenvalue weighted by atomic mass is 16.7. The maximum atomic E-state index is 12.7. The van der Waals surface area contributed by atoms with Gasteiger partial charge < -0.3 is 9.57 Å². The Morgan fingerprint density at radius 1 is 1.00 bits per heavy atom. The molecule has 0 spiro atoms. The first-order chi connectivity index (χ1) is 12.6. The Kier molecular flexibility index (Phi) is 5.24. The smallest absolute Gasteiger partial charge is 0.342 e. The molecule has 26 heavy (non-hydrogen) atoms. The van der Waals surface area contributed by atoms with Crippen LogP contribution in [0.3, 0.4) is 0 Å². The van der Waals surface area contributed by atoms with Crippen molar-refractivity contribution in [1.29, 1.82) is 0 Å². The minimum atomic E-state index is -0.777. The van der Waals surface area contributed by atoms with Crippen LogP contribution in [-0.2, 0) is 14.4 Å². The summed E-state index contributed by atoms with van der Waals surface area (Å²) in [6.07, 6.45) is 1.57. The van der Waals surface area contributed by atoms with E-state index in [9.17, 15) is 14.4 Å². The van der Waals surface area contributed by atoms with Crippen molar-refractivity contribution in [2.45, 2.75) is 5.92 Å². The molecular weight excluding hydrogens is 334 g/mol. The van der Waals surface area contributed by atoms with Crippen molar-refractivity contribution < 1.29 is 24.0 Å². The number of rotatable bonds is 7. The second kappa shape index (κ2) is 7.76. The van der Waals surface area contributed by atoms with E-state index in [-0.39, 0.29) is 24.3 Å². The summed E-state index contributed by atoms with van der Waals surface area (Å²) in [6, 6.07) is 15.2. The standard InChI is InChI=1S/C20H17NO5/c1-2-12-25-13-17(14-8-4-3-5-9-14)20(24)26-21-18(22)15-10-6-7-11-16(15)19(21)23/h2-11,17H,1,12-13H2. The molecule has 0 fully saturated rings. The highest BCUT2D eigenvalue weighted by Gasteiger charge is 2.40. The molecular formula is C20H17NO5. The number of benzene rings is 2. The van der Waals surface area contributed by atoms with Gasteiger partial charge in [-0.2, -0.15) is 0 Å². The molecule has 132 valence electrons. The summed E-state index contributed by atoms with van der Waals surface area (Å²) in [7, 11) is 0. The van der Waals surface area contributed by atoms with E-state index in [1.54, 1.807) is 42.5 Å². The molecule has 0 saturated heterocycles. The normalized spacial score (nSPS) is 14.1. The van der Waals surface area contributed by atoms with Gasteiger partial charge in [0.1, 0.15) is 5.92 Å². The van der Waals surface area contributed by atoms with Gasteiger partial charge in [0.2, 0.25) is 0 Å². The first kappa shape index (κ1) is 17.6. The zero-order valence-electron chi connectivity index (χ0n) is 14.0. The van der Waals surface area contributed by atoms with Crippen LogP contribution in [0.5, 0.6) is 0 Å². The summed E-state index contributed by atoms with van der Waals surface area (Å²) >= 11 is 0. The van der Waals surface area contributed by atoms with Gasteiger partial charge in [-0.25, -0.2) is 4.79 Å². The van der Waals surface area contributed by atoms with Gasteiger partial charge in [-0.15, -0.1) is 6.58 Å². The topological polar surface area (TPSA) is 72.9 Å². The number of carbonyl (C=O) groups excluding carboxylic acids is 3. The second-order valence-corrected chi connectivity index (χ2v) is 5.65. The quantitative estimate of drug-likeness (QED) is 0.436. The Morgan fingerprint density at radius 3 is 2.15 bits per heavy atom. The van der Waals surface area contributed by atoms with Gasteiger partial charge in [0, 0.05) is 0 Å². The molecule has 2 aromatic carbocycles. The average molecular weight is 351 g/mol.